The van der Waals surface area contributed by atoms with Gasteiger partial charge in [-0.25, -0.2) is 0 Å². The second-order valence-corrected chi connectivity index (χ2v) is 8.19. The van der Waals surface area contributed by atoms with Gasteiger partial charge in [-0.1, -0.05) is 58.0 Å². The number of nitrogens with one attached hydrogen (secondary N) is 1. The molecule has 0 bridgehead atoms. The van der Waals surface area contributed by atoms with E-state index in [0.717, 1.165) is 47.2 Å². The van der Waals surface area contributed by atoms with E-state index in [1.807, 2.05) is 18.2 Å². The molecule has 4 heteroatoms. The van der Waals surface area contributed by atoms with Crippen molar-refractivity contribution in [1.82, 2.24) is 0 Å². The van der Waals surface area contributed by atoms with Crippen molar-refractivity contribution in [2.45, 2.75) is 64.9 Å². The summed E-state index contributed by atoms with van der Waals surface area (Å²) in [4.78, 5) is 12.7. The molecule has 1 atom stereocenters. The molecule has 4 nitrogen and oxygen atoms in total. The number of hydrogen-bond donors (Lipinski definition) is 2. The van der Waals surface area contributed by atoms with E-state index < -0.39 is 6.10 Å². The van der Waals surface area contributed by atoms with Gasteiger partial charge in [0.25, 0.3) is 5.91 Å². The highest BCUT2D eigenvalue weighted by atomic mass is 16.5. The number of rotatable bonds is 6. The highest BCUT2D eigenvalue weighted by Gasteiger charge is 2.21. The fourth-order valence-electron chi connectivity index (χ4n) is 3.94. The molecule has 0 aliphatic heterocycles. The van der Waals surface area contributed by atoms with Crippen molar-refractivity contribution in [2.75, 3.05) is 11.9 Å². The summed E-state index contributed by atoms with van der Waals surface area (Å²) in [6.45, 7) is 8.48. The summed E-state index contributed by atoms with van der Waals surface area (Å²) in [6.07, 6.45) is 2.14. The van der Waals surface area contributed by atoms with Crippen LogP contribution >= 0.6 is 0 Å². The Morgan fingerprint density at radius 2 is 1.75 bits per heavy atom. The molecule has 0 heterocycles. The fraction of sp³-hybridized carbons (Fsp3) is 0.458. The maximum atomic E-state index is 12.7. The normalized spacial score (nSPS) is 16.2. The van der Waals surface area contributed by atoms with Gasteiger partial charge >= 0.3 is 0 Å². The largest absolute Gasteiger partial charge is 0.483 e. The van der Waals surface area contributed by atoms with E-state index in [-0.39, 0.29) is 12.5 Å². The standard InChI is InChI=1S/C24H31NO3/c1-15(2)17-8-5-9-18(16(3)4)24(17)25-23(27)14-28-22-13-7-10-19-20(22)11-6-12-21(19)26/h5,7-10,13,15-16,21,26H,6,11-12,14H2,1-4H3,(H,25,27)/t21-/m1/s1. The summed E-state index contributed by atoms with van der Waals surface area (Å²) in [5.41, 5.74) is 5.14. The molecular formula is C24H31NO3. The Morgan fingerprint density at radius 1 is 1.11 bits per heavy atom. The zero-order chi connectivity index (χ0) is 20.3. The first-order valence-electron chi connectivity index (χ1n) is 10.2. The van der Waals surface area contributed by atoms with Crippen LogP contribution in [0.25, 0.3) is 0 Å². The predicted octanol–water partition coefficient (Wildman–Crippen LogP) is 5.32. The van der Waals surface area contributed by atoms with Crippen molar-refractivity contribution in [3.05, 3.63) is 58.7 Å². The van der Waals surface area contributed by atoms with E-state index in [1.165, 1.54) is 0 Å². The van der Waals surface area contributed by atoms with Gasteiger partial charge in [0, 0.05) is 5.69 Å². The molecule has 0 unspecified atom stereocenters. The van der Waals surface area contributed by atoms with Crippen LogP contribution in [0.4, 0.5) is 5.69 Å². The van der Waals surface area contributed by atoms with Crippen LogP contribution in [0.2, 0.25) is 0 Å². The van der Waals surface area contributed by atoms with Crippen molar-refractivity contribution >= 4 is 11.6 Å². The predicted molar refractivity (Wildman–Crippen MR) is 113 cm³/mol. The maximum Gasteiger partial charge on any atom is 0.262 e. The lowest BCUT2D eigenvalue weighted by Crippen LogP contribution is -2.23. The molecule has 0 fully saturated rings. The summed E-state index contributed by atoms with van der Waals surface area (Å²) >= 11 is 0. The van der Waals surface area contributed by atoms with Gasteiger partial charge in [-0.2, -0.15) is 0 Å². The zero-order valence-corrected chi connectivity index (χ0v) is 17.3. The van der Waals surface area contributed by atoms with Crippen LogP contribution < -0.4 is 10.1 Å². The van der Waals surface area contributed by atoms with Crippen molar-refractivity contribution in [3.8, 4) is 5.75 Å². The monoisotopic (exact) mass is 381 g/mol. The highest BCUT2D eigenvalue weighted by Crippen LogP contribution is 2.35. The molecule has 28 heavy (non-hydrogen) atoms. The summed E-state index contributed by atoms with van der Waals surface area (Å²) in [6, 6.07) is 11.9. The third kappa shape index (κ3) is 4.39. The number of fused-ring (bicyclic) bond motifs is 1. The lowest BCUT2D eigenvalue weighted by molar-refractivity contribution is -0.118. The van der Waals surface area contributed by atoms with Crippen LogP contribution in [0.5, 0.6) is 5.75 Å². The molecule has 2 N–H and O–H groups in total. The number of aliphatic hydroxyl groups excluding tert-OH is 1. The SMILES string of the molecule is CC(C)c1cccc(C(C)C)c1NC(=O)COc1cccc2c1CCC[C@H]2O. The topological polar surface area (TPSA) is 58.6 Å². The second kappa shape index (κ2) is 8.78. The molecule has 1 aliphatic carbocycles. The smallest absolute Gasteiger partial charge is 0.262 e. The summed E-state index contributed by atoms with van der Waals surface area (Å²) in [7, 11) is 0. The van der Waals surface area contributed by atoms with Gasteiger partial charge in [0.05, 0.1) is 6.10 Å². The quantitative estimate of drug-likeness (QED) is 0.712. The van der Waals surface area contributed by atoms with Gasteiger partial charge in [0.1, 0.15) is 5.75 Å². The molecule has 2 aromatic carbocycles. The molecule has 0 saturated heterocycles. The minimum atomic E-state index is -0.437. The summed E-state index contributed by atoms with van der Waals surface area (Å²) < 4.78 is 5.86. The molecule has 1 aliphatic rings. The first kappa shape index (κ1) is 20.4. The Hall–Kier alpha value is -2.33. The van der Waals surface area contributed by atoms with Crippen molar-refractivity contribution in [3.63, 3.8) is 0 Å². The fourth-order valence-corrected chi connectivity index (χ4v) is 3.94. The third-order valence-electron chi connectivity index (χ3n) is 5.43. The number of aliphatic hydroxyl groups is 1. The van der Waals surface area contributed by atoms with E-state index >= 15 is 0 Å². The van der Waals surface area contributed by atoms with E-state index in [2.05, 4.69) is 51.2 Å². The molecule has 1 amide bonds. The molecule has 0 saturated carbocycles. The summed E-state index contributed by atoms with van der Waals surface area (Å²) in [5.74, 6) is 1.17. The van der Waals surface area contributed by atoms with Gasteiger partial charge in [0.2, 0.25) is 0 Å². The number of carbonyl (C=O) groups excluding carboxylic acids is 1. The minimum Gasteiger partial charge on any atom is -0.483 e. The van der Waals surface area contributed by atoms with Crippen molar-refractivity contribution in [2.24, 2.45) is 0 Å². The Bertz CT molecular complexity index is 815. The Labute approximate surface area is 167 Å². The van der Waals surface area contributed by atoms with Crippen molar-refractivity contribution in [1.29, 1.82) is 0 Å². The molecular weight excluding hydrogens is 350 g/mol. The van der Waals surface area contributed by atoms with Crippen LogP contribution in [0, 0.1) is 0 Å². The van der Waals surface area contributed by atoms with E-state index in [1.54, 1.807) is 0 Å². The molecule has 2 aromatic rings. The number of anilines is 1. The highest BCUT2D eigenvalue weighted by molar-refractivity contribution is 5.93. The summed E-state index contributed by atoms with van der Waals surface area (Å²) in [5, 5.41) is 13.3. The Morgan fingerprint density at radius 3 is 2.39 bits per heavy atom. The van der Waals surface area contributed by atoms with Crippen LogP contribution in [0.15, 0.2) is 36.4 Å². The minimum absolute atomic E-state index is 0.0451. The van der Waals surface area contributed by atoms with E-state index in [9.17, 15) is 9.90 Å². The van der Waals surface area contributed by atoms with Crippen molar-refractivity contribution < 1.29 is 14.6 Å². The molecule has 150 valence electrons. The van der Waals surface area contributed by atoms with Gasteiger partial charge in [0.15, 0.2) is 6.61 Å². The zero-order valence-electron chi connectivity index (χ0n) is 17.3. The van der Waals surface area contributed by atoms with Crippen LogP contribution in [-0.4, -0.2) is 17.6 Å². The lowest BCUT2D eigenvalue weighted by Gasteiger charge is -2.24. The Balaban J connectivity index is 1.75. The average molecular weight is 382 g/mol. The molecule has 3 rings (SSSR count). The van der Waals surface area contributed by atoms with E-state index in [4.69, 9.17) is 4.74 Å². The Kier molecular flexibility index (Phi) is 6.40. The molecule has 0 radical (unpaired) electrons. The first-order chi connectivity index (χ1) is 13.4. The van der Waals surface area contributed by atoms with Gasteiger partial charge in [-0.15, -0.1) is 0 Å². The van der Waals surface area contributed by atoms with Crippen LogP contribution in [-0.2, 0) is 11.2 Å². The number of benzene rings is 2. The number of amides is 1. The second-order valence-electron chi connectivity index (χ2n) is 8.19. The van der Waals surface area contributed by atoms with Crippen LogP contribution in [0.1, 0.15) is 80.7 Å². The van der Waals surface area contributed by atoms with Gasteiger partial charge in [-0.05, 0) is 59.4 Å². The maximum absolute atomic E-state index is 12.7. The van der Waals surface area contributed by atoms with Crippen LogP contribution in [0.3, 0.4) is 0 Å². The number of hydrogen-bond acceptors (Lipinski definition) is 3. The lowest BCUT2D eigenvalue weighted by atomic mass is 9.89. The van der Waals surface area contributed by atoms with Gasteiger partial charge in [-0.3, -0.25) is 4.79 Å². The van der Waals surface area contributed by atoms with E-state index in [0.29, 0.717) is 17.6 Å². The number of ether oxygens (including phenoxy) is 1. The van der Waals surface area contributed by atoms with Gasteiger partial charge < -0.3 is 15.2 Å². The number of carbonyl (C=O) groups is 1. The molecule has 0 aromatic heterocycles. The average Bonchev–Trinajstić information content (AvgIpc) is 2.66. The first-order valence-corrected chi connectivity index (χ1v) is 10.2. The number of para-hydroxylation sites is 1. The third-order valence-corrected chi connectivity index (χ3v) is 5.43. The molecule has 0 spiro atoms.